The minimum absolute atomic E-state index is 0. The number of carbonyl (C=O) groups excluding carboxylic acids is 2. The van der Waals surface area contributed by atoms with E-state index in [0.29, 0.717) is 23.0 Å². The average Bonchev–Trinajstić information content (AvgIpc) is 4.49. The highest BCUT2D eigenvalue weighted by Gasteiger charge is 2.29. The predicted molar refractivity (Wildman–Crippen MR) is 319 cm³/mol. The molecule has 14 nitrogen and oxygen atoms in total. The number of rotatable bonds is 8. The molecule has 0 aliphatic carbocycles. The van der Waals surface area contributed by atoms with Gasteiger partial charge in [-0.15, -0.1) is 12.4 Å². The molecule has 79 heavy (non-hydrogen) atoms. The number of aromatic amines is 2. The van der Waals surface area contributed by atoms with Crippen molar-refractivity contribution in [3.63, 3.8) is 0 Å². The number of hydrogen-bond acceptors (Lipinski definition) is 10. The van der Waals surface area contributed by atoms with E-state index in [4.69, 9.17) is 20.5 Å². The third-order valence-electron chi connectivity index (χ3n) is 16.3. The third kappa shape index (κ3) is 12.0. The fourth-order valence-electron chi connectivity index (χ4n) is 11.8. The second kappa shape index (κ2) is 24.7. The van der Waals surface area contributed by atoms with E-state index in [-0.39, 0.29) is 39.1 Å². The number of imidazole rings is 2. The minimum Gasteiger partial charge on any atom is -0.357 e. The Hall–Kier alpha value is -8.07. The summed E-state index contributed by atoms with van der Waals surface area (Å²) in [6.45, 7) is 15.2. The van der Waals surface area contributed by atoms with Crippen LogP contribution in [-0.4, -0.2) is 104 Å². The van der Waals surface area contributed by atoms with Crippen LogP contribution in [0.2, 0.25) is 0 Å². The van der Waals surface area contributed by atoms with E-state index in [1.165, 1.54) is 36.8 Å². The number of likely N-dealkylation sites (tertiary alicyclic amines) is 2. The lowest BCUT2D eigenvalue weighted by molar-refractivity contribution is 0.0704. The van der Waals surface area contributed by atoms with Crippen LogP contribution in [0.15, 0.2) is 97.3 Å². The normalized spacial score (nSPS) is 15.6. The Labute approximate surface area is 471 Å². The number of anilines is 2. The summed E-state index contributed by atoms with van der Waals surface area (Å²) in [5.74, 6) is 4.49. The first kappa shape index (κ1) is 57.1. The first-order chi connectivity index (χ1) is 37.0. The zero-order valence-electron chi connectivity index (χ0n) is 44.4. The molecule has 0 bridgehead atoms. The molecular weight excluding hydrogens is 1000 g/mol. The Morgan fingerprint density at radius 3 is 1.20 bits per heavy atom. The summed E-state index contributed by atoms with van der Waals surface area (Å²) in [4.78, 5) is 61.9. The highest BCUT2D eigenvalue weighted by Crippen LogP contribution is 2.35. The third-order valence-corrected chi connectivity index (χ3v) is 16.3. The van der Waals surface area contributed by atoms with Crippen molar-refractivity contribution in [2.75, 3.05) is 62.2 Å². The molecule has 15 heteroatoms. The quantitative estimate of drug-likeness (QED) is 0.149. The molecule has 408 valence electrons. The van der Waals surface area contributed by atoms with Gasteiger partial charge in [0.1, 0.15) is 23.3 Å². The molecule has 0 unspecified atom stereocenters. The molecular formula is C64H73ClN12O2. The number of nitriles is 2. The van der Waals surface area contributed by atoms with Gasteiger partial charge in [0.15, 0.2) is 0 Å². The Morgan fingerprint density at radius 2 is 0.861 bits per heavy atom. The maximum absolute atomic E-state index is 13.6. The molecule has 12 rings (SSSR count). The highest BCUT2D eigenvalue weighted by atomic mass is 35.5. The fraction of sp³-hybridized carbons (Fsp3) is 0.375. The molecule has 4 fully saturated rings. The SMILES string of the molecule is C.C.Cc1cc(C)c(-c2nc3cc(N4CCCC4)ncc3[nH]2)cc1C(=O)N1CCC(c2ccc(C#N)cc2)CC1.Cc1cc(C)c(-c2nc3cc(N4CCCC4)ncc3[nH]2)cc1C(=O)N1CCC(c2ccc(C#N)cc2)CC1.Cl. The average molecular weight is 1080 g/mol. The van der Waals surface area contributed by atoms with Gasteiger partial charge in [0.2, 0.25) is 0 Å². The molecule has 8 aromatic rings. The number of pyridine rings is 2. The summed E-state index contributed by atoms with van der Waals surface area (Å²) in [7, 11) is 0. The van der Waals surface area contributed by atoms with Crippen molar-refractivity contribution in [1.29, 1.82) is 10.5 Å². The van der Waals surface area contributed by atoms with Crippen molar-refractivity contribution >= 4 is 57.9 Å². The Balaban J connectivity index is 0.000000200. The van der Waals surface area contributed by atoms with Crippen molar-refractivity contribution in [3.8, 4) is 34.9 Å². The van der Waals surface area contributed by atoms with E-state index in [1.807, 2.05) is 96.7 Å². The molecule has 2 N–H and O–H groups in total. The molecule has 8 heterocycles. The van der Waals surface area contributed by atoms with Gasteiger partial charge in [0.25, 0.3) is 11.8 Å². The number of H-pyrrole nitrogens is 2. The molecule has 4 aromatic carbocycles. The zero-order chi connectivity index (χ0) is 52.5. The van der Waals surface area contributed by atoms with Gasteiger partial charge in [-0.1, -0.05) is 51.3 Å². The molecule has 4 aliphatic rings. The van der Waals surface area contributed by atoms with Crippen LogP contribution in [0, 0.1) is 50.4 Å². The highest BCUT2D eigenvalue weighted by molar-refractivity contribution is 5.98. The second-order valence-corrected chi connectivity index (χ2v) is 21.2. The van der Waals surface area contributed by atoms with Crippen LogP contribution in [0.3, 0.4) is 0 Å². The topological polar surface area (TPSA) is 178 Å². The molecule has 0 saturated carbocycles. The number of fused-ring (bicyclic) bond motifs is 2. The largest absolute Gasteiger partial charge is 0.357 e. The van der Waals surface area contributed by atoms with Gasteiger partial charge in [-0.05, 0) is 161 Å². The van der Waals surface area contributed by atoms with Crippen LogP contribution in [-0.2, 0) is 0 Å². The van der Waals surface area contributed by atoms with E-state index in [1.54, 1.807) is 0 Å². The number of halogens is 1. The zero-order valence-corrected chi connectivity index (χ0v) is 45.2. The van der Waals surface area contributed by atoms with Crippen molar-refractivity contribution < 1.29 is 9.59 Å². The summed E-state index contributed by atoms with van der Waals surface area (Å²) in [6, 6.07) is 32.4. The number of nitrogens with one attached hydrogen (secondary N) is 2. The van der Waals surface area contributed by atoms with Gasteiger partial charge in [-0.2, -0.15) is 10.5 Å². The molecule has 4 saturated heterocycles. The van der Waals surface area contributed by atoms with Crippen molar-refractivity contribution in [3.05, 3.63) is 153 Å². The second-order valence-electron chi connectivity index (χ2n) is 21.2. The standard InChI is InChI=1S/2C31H32N6O.2CH4.ClH/c2*1-20-15-21(2)26(31(38)37-13-9-24(10-14-37)23-7-5-22(18-32)6-8-23)16-25(20)30-34-27-17-29(33-19-28(27)35-30)36-11-3-4-12-36;;;/h2*5-8,15-17,19,24H,3-4,9-14H2,1-2H3,(H,34,35);2*1H4;1H. The van der Waals surface area contributed by atoms with Crippen molar-refractivity contribution in [1.82, 2.24) is 39.7 Å². The number of aryl methyl sites for hydroxylation is 4. The Bertz CT molecular complexity index is 3310. The molecule has 0 atom stereocenters. The van der Waals surface area contributed by atoms with Crippen molar-refractivity contribution in [2.45, 2.75) is 106 Å². The maximum atomic E-state index is 13.6. The van der Waals surface area contributed by atoms with Gasteiger partial charge in [0.05, 0.1) is 57.7 Å². The monoisotopic (exact) mass is 1080 g/mol. The van der Waals surface area contributed by atoms with E-state index in [9.17, 15) is 9.59 Å². The molecule has 0 radical (unpaired) electrons. The van der Waals surface area contributed by atoms with E-state index >= 15 is 0 Å². The van der Waals surface area contributed by atoms with Crippen LogP contribution < -0.4 is 9.80 Å². The number of piperidine rings is 2. The number of benzene rings is 4. The van der Waals surface area contributed by atoms with E-state index in [2.05, 4.69) is 80.0 Å². The lowest BCUT2D eigenvalue weighted by Gasteiger charge is -2.32. The summed E-state index contributed by atoms with van der Waals surface area (Å²) in [5.41, 5.74) is 15.0. The first-order valence-electron chi connectivity index (χ1n) is 27.0. The number of hydrogen-bond donors (Lipinski definition) is 2. The number of aromatic nitrogens is 6. The summed E-state index contributed by atoms with van der Waals surface area (Å²) in [5, 5.41) is 18.1. The van der Waals surface area contributed by atoms with Crippen LogP contribution in [0.1, 0.15) is 143 Å². The van der Waals surface area contributed by atoms with Crippen LogP contribution in [0.5, 0.6) is 0 Å². The van der Waals surface area contributed by atoms with Gasteiger partial charge in [-0.25, -0.2) is 19.9 Å². The maximum Gasteiger partial charge on any atom is 0.254 e. The lowest BCUT2D eigenvalue weighted by atomic mass is 9.88. The smallest absolute Gasteiger partial charge is 0.254 e. The number of nitrogens with zero attached hydrogens (tertiary/aromatic N) is 10. The fourth-order valence-corrected chi connectivity index (χ4v) is 11.8. The summed E-state index contributed by atoms with van der Waals surface area (Å²) in [6.07, 6.45) is 12.2. The minimum atomic E-state index is 0. The van der Waals surface area contributed by atoms with Gasteiger partial charge in [0, 0.05) is 86.7 Å². The molecule has 4 aliphatic heterocycles. The van der Waals surface area contributed by atoms with E-state index < -0.39 is 0 Å². The molecule has 2 amide bonds. The summed E-state index contributed by atoms with van der Waals surface area (Å²) >= 11 is 0. The van der Waals surface area contributed by atoms with Crippen LogP contribution in [0.4, 0.5) is 11.6 Å². The van der Waals surface area contributed by atoms with Gasteiger partial charge < -0.3 is 29.6 Å². The van der Waals surface area contributed by atoms with Gasteiger partial charge in [-0.3, -0.25) is 9.59 Å². The van der Waals surface area contributed by atoms with E-state index in [0.717, 1.165) is 168 Å². The Kier molecular flexibility index (Phi) is 17.9. The van der Waals surface area contributed by atoms with Gasteiger partial charge >= 0.3 is 0 Å². The molecule has 4 aromatic heterocycles. The predicted octanol–water partition coefficient (Wildman–Crippen LogP) is 13.2. The summed E-state index contributed by atoms with van der Waals surface area (Å²) < 4.78 is 0. The Morgan fingerprint density at radius 1 is 0.506 bits per heavy atom. The van der Waals surface area contributed by atoms with Crippen LogP contribution >= 0.6 is 12.4 Å². The van der Waals surface area contributed by atoms with Crippen molar-refractivity contribution in [2.24, 2.45) is 0 Å². The lowest BCUT2D eigenvalue weighted by Crippen LogP contribution is -2.38. The molecule has 0 spiro atoms. The first-order valence-corrected chi connectivity index (χ1v) is 27.0. The number of amides is 2. The van der Waals surface area contributed by atoms with Crippen LogP contribution in [0.25, 0.3) is 44.8 Å². The number of carbonyl (C=O) groups is 2.